The summed E-state index contributed by atoms with van der Waals surface area (Å²) in [6, 6.07) is 9.75. The molecular formula is C17H19N3O3. The molecule has 1 amide bonds. The Bertz CT molecular complexity index is 711. The number of benzene rings is 1. The summed E-state index contributed by atoms with van der Waals surface area (Å²) < 4.78 is 0. The van der Waals surface area contributed by atoms with Crippen LogP contribution in [0.15, 0.2) is 42.6 Å². The van der Waals surface area contributed by atoms with Crippen LogP contribution in [0.3, 0.4) is 0 Å². The van der Waals surface area contributed by atoms with Crippen molar-refractivity contribution in [1.29, 1.82) is 0 Å². The Morgan fingerprint density at radius 1 is 1.22 bits per heavy atom. The fourth-order valence-corrected chi connectivity index (χ4v) is 2.45. The van der Waals surface area contributed by atoms with Crippen LogP contribution in [-0.4, -0.2) is 15.8 Å². The Balaban J connectivity index is 2.23. The molecule has 1 N–H and O–H groups in total. The predicted octanol–water partition coefficient (Wildman–Crippen LogP) is 3.68. The summed E-state index contributed by atoms with van der Waals surface area (Å²) in [5.74, 6) is -0.0334. The summed E-state index contributed by atoms with van der Waals surface area (Å²) >= 11 is 0. The molecule has 1 aromatic heterocycles. The van der Waals surface area contributed by atoms with Gasteiger partial charge < -0.3 is 5.32 Å². The Labute approximate surface area is 134 Å². The van der Waals surface area contributed by atoms with Gasteiger partial charge in [-0.15, -0.1) is 0 Å². The molecule has 1 atom stereocenters. The van der Waals surface area contributed by atoms with E-state index in [1.54, 1.807) is 24.4 Å². The van der Waals surface area contributed by atoms with E-state index in [4.69, 9.17) is 0 Å². The molecule has 0 aliphatic carbocycles. The zero-order valence-electron chi connectivity index (χ0n) is 13.3. The molecule has 0 radical (unpaired) electrons. The Morgan fingerprint density at radius 3 is 2.39 bits per heavy atom. The number of non-ortho nitro benzene ring substituents is 1. The topological polar surface area (TPSA) is 85.1 Å². The van der Waals surface area contributed by atoms with Crippen LogP contribution in [-0.2, 0) is 4.79 Å². The number of nitrogens with one attached hydrogen (secondary N) is 1. The highest BCUT2D eigenvalue weighted by Crippen LogP contribution is 2.27. The number of nitro groups is 1. The number of nitrogens with zero attached hydrogens (tertiary/aromatic N) is 2. The van der Waals surface area contributed by atoms with Crippen LogP contribution >= 0.6 is 0 Å². The molecule has 0 saturated carbocycles. The van der Waals surface area contributed by atoms with Gasteiger partial charge in [-0.1, -0.05) is 26.0 Å². The van der Waals surface area contributed by atoms with Crippen molar-refractivity contribution in [3.63, 3.8) is 0 Å². The van der Waals surface area contributed by atoms with Gasteiger partial charge in [-0.3, -0.25) is 14.9 Å². The average Bonchev–Trinajstić information content (AvgIpc) is 2.47. The number of hydrogen-bond acceptors (Lipinski definition) is 4. The fraction of sp³-hybridized carbons (Fsp3) is 0.294. The van der Waals surface area contributed by atoms with E-state index in [9.17, 15) is 14.9 Å². The molecule has 1 heterocycles. The van der Waals surface area contributed by atoms with E-state index in [1.807, 2.05) is 26.8 Å². The van der Waals surface area contributed by atoms with Crippen molar-refractivity contribution in [2.24, 2.45) is 5.92 Å². The Hall–Kier alpha value is -2.76. The highest BCUT2D eigenvalue weighted by molar-refractivity contribution is 5.95. The van der Waals surface area contributed by atoms with Gasteiger partial charge in [0.25, 0.3) is 5.69 Å². The van der Waals surface area contributed by atoms with Gasteiger partial charge in [0.05, 0.1) is 10.8 Å². The SMILES string of the molecule is Cc1ccnc(NC(=O)C(c2ccc([N+](=O)[O-])cc2)C(C)C)c1. The first-order chi connectivity index (χ1) is 10.9. The van der Waals surface area contributed by atoms with Gasteiger partial charge in [-0.2, -0.15) is 0 Å². The molecule has 0 saturated heterocycles. The van der Waals surface area contributed by atoms with Crippen LogP contribution in [0.4, 0.5) is 11.5 Å². The zero-order chi connectivity index (χ0) is 17.0. The summed E-state index contributed by atoms with van der Waals surface area (Å²) in [7, 11) is 0. The molecule has 0 aliphatic heterocycles. The highest BCUT2D eigenvalue weighted by Gasteiger charge is 2.25. The minimum atomic E-state index is -0.453. The van der Waals surface area contributed by atoms with Crippen LogP contribution < -0.4 is 5.32 Å². The third kappa shape index (κ3) is 4.12. The average molecular weight is 313 g/mol. The first-order valence-electron chi connectivity index (χ1n) is 7.36. The van der Waals surface area contributed by atoms with Crippen LogP contribution in [0.25, 0.3) is 0 Å². The summed E-state index contributed by atoms with van der Waals surface area (Å²) in [6.45, 7) is 5.80. The zero-order valence-corrected chi connectivity index (χ0v) is 13.3. The first kappa shape index (κ1) is 16.6. The number of amides is 1. The lowest BCUT2D eigenvalue weighted by Gasteiger charge is -2.20. The van der Waals surface area contributed by atoms with Gasteiger partial charge in [-0.25, -0.2) is 4.98 Å². The van der Waals surface area contributed by atoms with E-state index >= 15 is 0 Å². The summed E-state index contributed by atoms with van der Waals surface area (Å²) in [5.41, 5.74) is 1.76. The molecule has 2 aromatic rings. The standard InChI is InChI=1S/C17H19N3O3/c1-11(2)16(13-4-6-14(7-5-13)20(22)23)17(21)19-15-10-12(3)8-9-18-15/h4-11,16H,1-3H3,(H,18,19,21). The van der Waals surface area contributed by atoms with Gasteiger partial charge in [0.2, 0.25) is 5.91 Å². The molecular weight excluding hydrogens is 294 g/mol. The molecule has 0 fully saturated rings. The molecule has 6 nitrogen and oxygen atoms in total. The number of hydrogen-bond donors (Lipinski definition) is 1. The second-order valence-electron chi connectivity index (χ2n) is 5.78. The maximum absolute atomic E-state index is 12.6. The van der Waals surface area contributed by atoms with Gasteiger partial charge in [-0.05, 0) is 36.1 Å². The van der Waals surface area contributed by atoms with Gasteiger partial charge >= 0.3 is 0 Å². The lowest BCUT2D eigenvalue weighted by atomic mass is 9.87. The predicted molar refractivity (Wildman–Crippen MR) is 88.3 cm³/mol. The van der Waals surface area contributed by atoms with Crippen molar-refractivity contribution in [2.75, 3.05) is 5.32 Å². The van der Waals surface area contributed by atoms with E-state index in [2.05, 4.69) is 10.3 Å². The summed E-state index contributed by atoms with van der Waals surface area (Å²) in [6.07, 6.45) is 1.64. The minimum absolute atomic E-state index is 0.0111. The lowest BCUT2D eigenvalue weighted by Crippen LogP contribution is -2.25. The summed E-state index contributed by atoms with van der Waals surface area (Å²) in [4.78, 5) is 27.0. The molecule has 6 heteroatoms. The molecule has 0 spiro atoms. The van der Waals surface area contributed by atoms with Crippen molar-refractivity contribution in [3.8, 4) is 0 Å². The molecule has 23 heavy (non-hydrogen) atoms. The van der Waals surface area contributed by atoms with Gasteiger partial charge in [0.1, 0.15) is 5.82 Å². The molecule has 1 aromatic carbocycles. The smallest absolute Gasteiger partial charge is 0.269 e. The third-order valence-corrected chi connectivity index (χ3v) is 3.58. The molecule has 120 valence electrons. The number of pyridine rings is 1. The number of rotatable bonds is 5. The second kappa shape index (κ2) is 7.00. The number of aryl methyl sites for hydroxylation is 1. The van der Waals surface area contributed by atoms with Crippen molar-refractivity contribution >= 4 is 17.4 Å². The quantitative estimate of drug-likeness (QED) is 0.674. The van der Waals surface area contributed by atoms with Crippen molar-refractivity contribution < 1.29 is 9.72 Å². The van der Waals surface area contributed by atoms with Crippen LogP contribution in [0, 0.1) is 23.0 Å². The molecule has 0 aliphatic rings. The number of anilines is 1. The number of nitro benzene ring substituents is 1. The Kier molecular flexibility index (Phi) is 5.05. The van der Waals surface area contributed by atoms with Crippen molar-refractivity contribution in [3.05, 3.63) is 63.8 Å². The lowest BCUT2D eigenvalue weighted by molar-refractivity contribution is -0.384. The van der Waals surface area contributed by atoms with Gasteiger partial charge in [0.15, 0.2) is 0 Å². The number of carbonyl (C=O) groups is 1. The van der Waals surface area contributed by atoms with Crippen LogP contribution in [0.2, 0.25) is 0 Å². The molecule has 2 rings (SSSR count). The van der Waals surface area contributed by atoms with E-state index in [0.29, 0.717) is 5.82 Å². The van der Waals surface area contributed by atoms with Crippen molar-refractivity contribution in [2.45, 2.75) is 26.7 Å². The number of aromatic nitrogens is 1. The second-order valence-corrected chi connectivity index (χ2v) is 5.78. The highest BCUT2D eigenvalue weighted by atomic mass is 16.6. The van der Waals surface area contributed by atoms with E-state index < -0.39 is 10.8 Å². The van der Waals surface area contributed by atoms with E-state index in [-0.39, 0.29) is 17.5 Å². The normalized spacial score (nSPS) is 12.0. The fourth-order valence-electron chi connectivity index (χ4n) is 2.45. The van der Waals surface area contributed by atoms with E-state index in [0.717, 1.165) is 11.1 Å². The third-order valence-electron chi connectivity index (χ3n) is 3.58. The monoisotopic (exact) mass is 313 g/mol. The maximum Gasteiger partial charge on any atom is 0.269 e. The molecule has 0 bridgehead atoms. The largest absolute Gasteiger partial charge is 0.310 e. The van der Waals surface area contributed by atoms with Crippen LogP contribution in [0.5, 0.6) is 0 Å². The maximum atomic E-state index is 12.6. The minimum Gasteiger partial charge on any atom is -0.310 e. The molecule has 1 unspecified atom stereocenters. The van der Waals surface area contributed by atoms with Crippen LogP contribution in [0.1, 0.15) is 30.9 Å². The summed E-state index contributed by atoms with van der Waals surface area (Å²) in [5, 5.41) is 13.6. The Morgan fingerprint density at radius 2 is 1.87 bits per heavy atom. The first-order valence-corrected chi connectivity index (χ1v) is 7.36. The van der Waals surface area contributed by atoms with Gasteiger partial charge in [0, 0.05) is 18.3 Å². The van der Waals surface area contributed by atoms with Crippen molar-refractivity contribution in [1.82, 2.24) is 4.98 Å². The number of carbonyl (C=O) groups excluding carboxylic acids is 1. The van der Waals surface area contributed by atoms with E-state index in [1.165, 1.54) is 12.1 Å².